The molecule has 2 heterocycles. The first-order valence-electron chi connectivity index (χ1n) is 12.8. The van der Waals surface area contributed by atoms with Crippen molar-refractivity contribution in [3.05, 3.63) is 22.8 Å². The number of carbonyl (C=O) groups is 2. The molecule has 2 aliphatic heterocycles. The van der Waals surface area contributed by atoms with E-state index in [1.165, 1.54) is 6.07 Å². The summed E-state index contributed by atoms with van der Waals surface area (Å²) in [7, 11) is 0. The number of rotatable bonds is 4. The van der Waals surface area contributed by atoms with E-state index in [2.05, 4.69) is 13.8 Å². The number of carboxylic acid groups (broad SMARTS) is 1. The number of fused-ring (bicyclic) bond motifs is 5. The minimum Gasteiger partial charge on any atom is -0.508 e. The molecule has 5 rings (SSSR count). The third-order valence-corrected chi connectivity index (χ3v) is 9.95. The number of hydrogen-bond donors (Lipinski definition) is 4. The molecule has 1 spiro atoms. The van der Waals surface area contributed by atoms with Crippen LogP contribution in [0.2, 0.25) is 0 Å². The van der Waals surface area contributed by atoms with Crippen LogP contribution in [0.5, 0.6) is 11.5 Å². The highest BCUT2D eigenvalue weighted by molar-refractivity contribution is 6.00. The molecule has 35 heavy (non-hydrogen) atoms. The van der Waals surface area contributed by atoms with Crippen molar-refractivity contribution in [2.45, 2.75) is 90.6 Å². The maximum Gasteiger partial charge on any atom is 0.303 e. The molecule has 0 aromatic heterocycles. The van der Waals surface area contributed by atoms with Gasteiger partial charge in [-0.25, -0.2) is 0 Å². The zero-order valence-corrected chi connectivity index (χ0v) is 21.0. The Hall–Kier alpha value is -2.32. The standard InChI is InChI=1S/C27H37NO7/c1-14-7-8-20-25(2,3)23(33)19(30)12-26(20,4)27(14)11-16-18(29)10-15-17(22(16)35-27)13-28(24(15)34)9-5-6-21(31)32/h10,14,19-20,23,29-30,33H,5-9,11-13H2,1-4H3,(H,31,32)/t14-,19-,20+,23-,26+,27-/m1/s1. The van der Waals surface area contributed by atoms with Crippen molar-refractivity contribution < 1.29 is 34.8 Å². The van der Waals surface area contributed by atoms with Gasteiger partial charge in [0.1, 0.15) is 17.1 Å². The molecule has 8 heteroatoms. The Bertz CT molecular complexity index is 1080. The van der Waals surface area contributed by atoms with Gasteiger partial charge in [-0.05, 0) is 49.0 Å². The van der Waals surface area contributed by atoms with Crippen molar-refractivity contribution in [2.75, 3.05) is 6.54 Å². The van der Waals surface area contributed by atoms with Crippen LogP contribution in [0, 0.1) is 22.7 Å². The lowest BCUT2D eigenvalue weighted by Crippen LogP contribution is -2.69. The van der Waals surface area contributed by atoms with Gasteiger partial charge in [-0.1, -0.05) is 27.7 Å². The molecule has 0 unspecified atom stereocenters. The largest absolute Gasteiger partial charge is 0.508 e. The van der Waals surface area contributed by atoms with Crippen LogP contribution in [0.15, 0.2) is 6.07 Å². The van der Waals surface area contributed by atoms with Gasteiger partial charge in [0, 0.05) is 35.9 Å². The number of aliphatic hydroxyl groups excluding tert-OH is 2. The molecule has 1 aromatic rings. The van der Waals surface area contributed by atoms with Gasteiger partial charge in [0.05, 0.1) is 24.3 Å². The number of aromatic hydroxyl groups is 1. The van der Waals surface area contributed by atoms with E-state index in [0.717, 1.165) is 18.4 Å². The fourth-order valence-electron chi connectivity index (χ4n) is 8.06. The summed E-state index contributed by atoms with van der Waals surface area (Å²) in [6.45, 7) is 9.03. The Morgan fingerprint density at radius 2 is 1.91 bits per heavy atom. The summed E-state index contributed by atoms with van der Waals surface area (Å²) in [4.78, 5) is 25.6. The van der Waals surface area contributed by atoms with Crippen molar-refractivity contribution in [1.29, 1.82) is 0 Å². The average Bonchev–Trinajstić information content (AvgIpc) is 3.32. The van der Waals surface area contributed by atoms with E-state index in [9.17, 15) is 24.9 Å². The van der Waals surface area contributed by atoms with Crippen molar-refractivity contribution in [2.24, 2.45) is 22.7 Å². The van der Waals surface area contributed by atoms with Crippen molar-refractivity contribution in [1.82, 2.24) is 4.90 Å². The highest BCUT2D eigenvalue weighted by atomic mass is 16.5. The van der Waals surface area contributed by atoms with E-state index in [1.807, 2.05) is 13.8 Å². The van der Waals surface area contributed by atoms with Crippen LogP contribution in [0.1, 0.15) is 81.3 Å². The lowest BCUT2D eigenvalue weighted by Gasteiger charge is -2.64. The minimum absolute atomic E-state index is 0.00961. The Morgan fingerprint density at radius 1 is 1.20 bits per heavy atom. The molecular weight excluding hydrogens is 450 g/mol. The molecule has 2 fully saturated rings. The number of nitrogens with zero attached hydrogens (tertiary/aromatic N) is 1. The van der Waals surface area contributed by atoms with Gasteiger partial charge in [-0.15, -0.1) is 0 Å². The fraction of sp³-hybridized carbons (Fsp3) is 0.704. The first-order chi connectivity index (χ1) is 16.3. The lowest BCUT2D eigenvalue weighted by molar-refractivity contribution is -0.240. The predicted octanol–water partition coefficient (Wildman–Crippen LogP) is 3.09. The monoisotopic (exact) mass is 487 g/mol. The van der Waals surface area contributed by atoms with E-state index in [-0.39, 0.29) is 29.9 Å². The van der Waals surface area contributed by atoms with Crippen LogP contribution in [0.25, 0.3) is 0 Å². The first-order valence-corrected chi connectivity index (χ1v) is 12.8. The molecule has 4 N–H and O–H groups in total. The summed E-state index contributed by atoms with van der Waals surface area (Å²) in [5, 5.41) is 41.7. The second-order valence-electron chi connectivity index (χ2n) is 12.1. The number of ether oxygens (including phenoxy) is 1. The van der Waals surface area contributed by atoms with Crippen LogP contribution in [-0.2, 0) is 17.8 Å². The van der Waals surface area contributed by atoms with Crippen LogP contribution in [-0.4, -0.2) is 61.6 Å². The zero-order valence-electron chi connectivity index (χ0n) is 21.0. The normalized spacial score (nSPS) is 37.1. The quantitative estimate of drug-likeness (QED) is 0.514. The molecule has 8 nitrogen and oxygen atoms in total. The summed E-state index contributed by atoms with van der Waals surface area (Å²) in [6, 6.07) is 1.53. The first kappa shape index (κ1) is 24.4. The highest BCUT2D eigenvalue weighted by Gasteiger charge is 2.68. The van der Waals surface area contributed by atoms with Gasteiger partial charge in [-0.3, -0.25) is 9.59 Å². The summed E-state index contributed by atoms with van der Waals surface area (Å²) >= 11 is 0. The third kappa shape index (κ3) is 3.25. The van der Waals surface area contributed by atoms with Gasteiger partial charge in [0.2, 0.25) is 0 Å². The molecule has 6 atom stereocenters. The van der Waals surface area contributed by atoms with E-state index in [1.54, 1.807) is 4.90 Å². The smallest absolute Gasteiger partial charge is 0.303 e. The molecule has 0 saturated heterocycles. The van der Waals surface area contributed by atoms with E-state index in [4.69, 9.17) is 9.84 Å². The Balaban J connectivity index is 1.53. The predicted molar refractivity (Wildman–Crippen MR) is 127 cm³/mol. The molecule has 1 aromatic carbocycles. The molecule has 0 radical (unpaired) electrons. The Labute approximate surface area is 205 Å². The van der Waals surface area contributed by atoms with Crippen molar-refractivity contribution >= 4 is 11.9 Å². The highest BCUT2D eigenvalue weighted by Crippen LogP contribution is 2.67. The van der Waals surface area contributed by atoms with Gasteiger partial charge in [0.15, 0.2) is 0 Å². The van der Waals surface area contributed by atoms with Gasteiger partial charge in [-0.2, -0.15) is 0 Å². The van der Waals surface area contributed by atoms with E-state index in [0.29, 0.717) is 49.2 Å². The van der Waals surface area contributed by atoms with Crippen LogP contribution >= 0.6 is 0 Å². The molecule has 2 saturated carbocycles. The number of phenolic OH excluding ortho intramolecular Hbond substituents is 1. The topological polar surface area (TPSA) is 128 Å². The SMILES string of the molecule is C[C@@H]1CC[C@H]2C(C)(C)[C@H](O)[C@H](O)C[C@]2(C)[C@@]12Cc1c(O)cc3c(c1O2)CN(CCCC(=O)O)C3=O. The molecule has 1 amide bonds. The number of hydrogen-bond acceptors (Lipinski definition) is 6. The maximum absolute atomic E-state index is 13.1. The van der Waals surface area contributed by atoms with Crippen LogP contribution < -0.4 is 4.74 Å². The number of amides is 1. The van der Waals surface area contributed by atoms with E-state index >= 15 is 0 Å². The average molecular weight is 488 g/mol. The molecule has 0 bridgehead atoms. The number of benzene rings is 1. The number of carboxylic acids is 1. The fourth-order valence-corrected chi connectivity index (χ4v) is 8.06. The summed E-state index contributed by atoms with van der Waals surface area (Å²) in [6.07, 6.45) is 1.39. The van der Waals surface area contributed by atoms with E-state index < -0.39 is 34.6 Å². The zero-order chi connectivity index (χ0) is 25.5. The maximum atomic E-state index is 13.1. The van der Waals surface area contributed by atoms with Gasteiger partial charge >= 0.3 is 5.97 Å². The third-order valence-electron chi connectivity index (χ3n) is 9.95. The summed E-state index contributed by atoms with van der Waals surface area (Å²) in [5.74, 6) is -0.233. The Kier molecular flexibility index (Phi) is 5.46. The molecule has 2 aliphatic carbocycles. The Morgan fingerprint density at radius 3 is 2.60 bits per heavy atom. The van der Waals surface area contributed by atoms with Crippen LogP contribution in [0.3, 0.4) is 0 Å². The number of phenols is 1. The second kappa shape index (κ2) is 7.84. The molecular formula is C27H37NO7. The van der Waals surface area contributed by atoms with Crippen LogP contribution in [0.4, 0.5) is 0 Å². The summed E-state index contributed by atoms with van der Waals surface area (Å²) < 4.78 is 6.93. The molecule has 4 aliphatic rings. The van der Waals surface area contributed by atoms with Gasteiger partial charge < -0.3 is 30.1 Å². The minimum atomic E-state index is -0.894. The number of carbonyl (C=O) groups excluding carboxylic acids is 1. The number of aliphatic hydroxyl groups is 2. The molecule has 192 valence electrons. The van der Waals surface area contributed by atoms with Gasteiger partial charge in [0.25, 0.3) is 5.91 Å². The number of aliphatic carboxylic acids is 1. The van der Waals surface area contributed by atoms with Crippen molar-refractivity contribution in [3.8, 4) is 11.5 Å². The second-order valence-corrected chi connectivity index (χ2v) is 12.1. The lowest BCUT2D eigenvalue weighted by atomic mass is 9.43. The summed E-state index contributed by atoms with van der Waals surface area (Å²) in [5.41, 5.74) is 0.245. The van der Waals surface area contributed by atoms with Crippen molar-refractivity contribution in [3.63, 3.8) is 0 Å².